The van der Waals surface area contributed by atoms with Gasteiger partial charge in [0.1, 0.15) is 0 Å². The first-order chi connectivity index (χ1) is 8.34. The summed E-state index contributed by atoms with van der Waals surface area (Å²) in [6.07, 6.45) is -0.365. The van der Waals surface area contributed by atoms with Crippen molar-refractivity contribution in [2.45, 2.75) is 13.2 Å². The molecule has 1 aliphatic heterocycles. The predicted octanol–water partition coefficient (Wildman–Crippen LogP) is 2.52. The molecule has 17 heavy (non-hydrogen) atoms. The zero-order valence-corrected chi connectivity index (χ0v) is 9.55. The maximum absolute atomic E-state index is 5.45. The number of fused-ring (bicyclic) bond motifs is 1. The Labute approximate surface area is 99.1 Å². The second kappa shape index (κ2) is 4.41. The zero-order valence-electron chi connectivity index (χ0n) is 9.55. The van der Waals surface area contributed by atoms with Crippen molar-refractivity contribution in [2.75, 3.05) is 13.6 Å². The van der Waals surface area contributed by atoms with Gasteiger partial charge in [-0.15, -0.1) is 0 Å². The standard InChI is InChI=1S/C13H13NO3/c1-9-6-11(13-16-7-15-8-17-13)10-4-2-3-5-12(10)14-9/h2-6,13H,7-8H2,1H3. The van der Waals surface area contributed by atoms with Crippen LogP contribution in [0, 0.1) is 6.92 Å². The summed E-state index contributed by atoms with van der Waals surface area (Å²) in [4.78, 5) is 4.49. The maximum Gasteiger partial charge on any atom is 0.190 e. The number of benzene rings is 1. The van der Waals surface area contributed by atoms with E-state index in [1.807, 2.05) is 37.3 Å². The monoisotopic (exact) mass is 231 g/mol. The van der Waals surface area contributed by atoms with E-state index in [2.05, 4.69) is 4.98 Å². The van der Waals surface area contributed by atoms with Crippen molar-refractivity contribution in [2.24, 2.45) is 0 Å². The van der Waals surface area contributed by atoms with Gasteiger partial charge < -0.3 is 14.2 Å². The molecule has 1 fully saturated rings. The van der Waals surface area contributed by atoms with Crippen molar-refractivity contribution in [1.82, 2.24) is 4.98 Å². The van der Waals surface area contributed by atoms with Crippen molar-refractivity contribution in [3.05, 3.63) is 41.6 Å². The molecule has 0 saturated carbocycles. The maximum atomic E-state index is 5.45. The Bertz CT molecular complexity index is 535. The largest absolute Gasteiger partial charge is 0.329 e. The summed E-state index contributed by atoms with van der Waals surface area (Å²) in [7, 11) is 0. The minimum atomic E-state index is -0.365. The van der Waals surface area contributed by atoms with Crippen molar-refractivity contribution in [3.8, 4) is 0 Å². The van der Waals surface area contributed by atoms with Crippen molar-refractivity contribution in [3.63, 3.8) is 0 Å². The van der Waals surface area contributed by atoms with Gasteiger partial charge in [-0.05, 0) is 19.1 Å². The van der Waals surface area contributed by atoms with E-state index >= 15 is 0 Å². The Morgan fingerprint density at radius 1 is 1.18 bits per heavy atom. The molecule has 0 atom stereocenters. The van der Waals surface area contributed by atoms with E-state index in [9.17, 15) is 0 Å². The third-order valence-electron chi connectivity index (χ3n) is 2.74. The second-order valence-corrected chi connectivity index (χ2v) is 3.98. The third kappa shape index (κ3) is 2.02. The average Bonchev–Trinajstić information content (AvgIpc) is 2.39. The first-order valence-electron chi connectivity index (χ1n) is 5.52. The number of nitrogens with zero attached hydrogens (tertiary/aromatic N) is 1. The van der Waals surface area contributed by atoms with Crippen LogP contribution in [-0.2, 0) is 14.2 Å². The number of hydrogen-bond acceptors (Lipinski definition) is 4. The van der Waals surface area contributed by atoms with Gasteiger partial charge in [0.25, 0.3) is 0 Å². The number of ether oxygens (including phenoxy) is 3. The molecule has 1 aromatic heterocycles. The van der Waals surface area contributed by atoms with Crippen molar-refractivity contribution >= 4 is 10.9 Å². The normalized spacial score (nSPS) is 17.5. The quantitative estimate of drug-likeness (QED) is 0.756. The van der Waals surface area contributed by atoms with E-state index in [-0.39, 0.29) is 19.9 Å². The molecule has 2 heterocycles. The highest BCUT2D eigenvalue weighted by molar-refractivity contribution is 5.82. The predicted molar refractivity (Wildman–Crippen MR) is 62.2 cm³/mol. The van der Waals surface area contributed by atoms with Gasteiger partial charge in [-0.1, -0.05) is 18.2 Å². The molecule has 88 valence electrons. The third-order valence-corrected chi connectivity index (χ3v) is 2.74. The lowest BCUT2D eigenvalue weighted by molar-refractivity contribution is -0.303. The molecule has 1 aliphatic rings. The minimum Gasteiger partial charge on any atom is -0.329 e. The van der Waals surface area contributed by atoms with Gasteiger partial charge >= 0.3 is 0 Å². The summed E-state index contributed by atoms with van der Waals surface area (Å²) >= 11 is 0. The van der Waals surface area contributed by atoms with Gasteiger partial charge in [0.15, 0.2) is 19.9 Å². The Morgan fingerprint density at radius 2 is 1.94 bits per heavy atom. The number of hydrogen-bond donors (Lipinski definition) is 0. The van der Waals surface area contributed by atoms with E-state index in [0.717, 1.165) is 22.2 Å². The number of para-hydroxylation sites is 1. The average molecular weight is 231 g/mol. The molecule has 0 spiro atoms. The van der Waals surface area contributed by atoms with Gasteiger partial charge in [0.2, 0.25) is 0 Å². The van der Waals surface area contributed by atoms with Crippen LogP contribution in [0.3, 0.4) is 0 Å². The Hall–Kier alpha value is -1.49. The van der Waals surface area contributed by atoms with Crippen LogP contribution in [0.15, 0.2) is 30.3 Å². The number of pyridine rings is 1. The topological polar surface area (TPSA) is 40.6 Å². The fourth-order valence-corrected chi connectivity index (χ4v) is 2.02. The summed E-state index contributed by atoms with van der Waals surface area (Å²) in [5.74, 6) is 0. The fraction of sp³-hybridized carbons (Fsp3) is 0.308. The second-order valence-electron chi connectivity index (χ2n) is 3.98. The van der Waals surface area contributed by atoms with Crippen molar-refractivity contribution in [1.29, 1.82) is 0 Å². The minimum absolute atomic E-state index is 0.264. The SMILES string of the molecule is Cc1cc(C2OCOCO2)c2ccccc2n1. The molecule has 3 rings (SSSR count). The number of rotatable bonds is 1. The fourth-order valence-electron chi connectivity index (χ4n) is 2.02. The van der Waals surface area contributed by atoms with Crippen LogP contribution < -0.4 is 0 Å². The van der Waals surface area contributed by atoms with Crippen molar-refractivity contribution < 1.29 is 14.2 Å². The van der Waals surface area contributed by atoms with Gasteiger partial charge in [0.05, 0.1) is 5.52 Å². The van der Waals surface area contributed by atoms with Crippen LogP contribution in [0.2, 0.25) is 0 Å². The molecule has 0 amide bonds. The molecule has 1 saturated heterocycles. The highest BCUT2D eigenvalue weighted by atomic mass is 16.8. The van der Waals surface area contributed by atoms with Gasteiger partial charge in [-0.2, -0.15) is 0 Å². The lowest BCUT2D eigenvalue weighted by Gasteiger charge is -2.24. The van der Waals surface area contributed by atoms with E-state index in [0.29, 0.717) is 0 Å². The van der Waals surface area contributed by atoms with E-state index in [1.165, 1.54) is 0 Å². The molecule has 0 N–H and O–H groups in total. The van der Waals surface area contributed by atoms with Crippen LogP contribution in [-0.4, -0.2) is 18.6 Å². The molecule has 4 nitrogen and oxygen atoms in total. The lowest BCUT2D eigenvalue weighted by Crippen LogP contribution is -2.20. The molecule has 2 aromatic rings. The number of aromatic nitrogens is 1. The highest BCUT2D eigenvalue weighted by Crippen LogP contribution is 2.28. The van der Waals surface area contributed by atoms with E-state index in [1.54, 1.807) is 0 Å². The van der Waals surface area contributed by atoms with Crippen LogP contribution in [0.4, 0.5) is 0 Å². The summed E-state index contributed by atoms with van der Waals surface area (Å²) in [6, 6.07) is 9.98. The summed E-state index contributed by atoms with van der Waals surface area (Å²) in [6.45, 7) is 2.50. The van der Waals surface area contributed by atoms with E-state index in [4.69, 9.17) is 14.2 Å². The summed E-state index contributed by atoms with van der Waals surface area (Å²) < 4.78 is 15.9. The molecular formula is C13H13NO3. The smallest absolute Gasteiger partial charge is 0.190 e. The lowest BCUT2D eigenvalue weighted by atomic mass is 10.1. The van der Waals surface area contributed by atoms with Gasteiger partial charge in [-0.3, -0.25) is 4.98 Å². The van der Waals surface area contributed by atoms with E-state index < -0.39 is 0 Å². The van der Waals surface area contributed by atoms with Crippen LogP contribution in [0.25, 0.3) is 10.9 Å². The molecule has 1 aromatic carbocycles. The molecule has 0 bridgehead atoms. The molecule has 0 unspecified atom stereocenters. The highest BCUT2D eigenvalue weighted by Gasteiger charge is 2.19. The van der Waals surface area contributed by atoms with Gasteiger partial charge in [0, 0.05) is 16.6 Å². The summed E-state index contributed by atoms with van der Waals surface area (Å²) in [5.41, 5.74) is 2.93. The zero-order chi connectivity index (χ0) is 11.7. The van der Waals surface area contributed by atoms with Gasteiger partial charge in [-0.25, -0.2) is 0 Å². The summed E-state index contributed by atoms with van der Waals surface area (Å²) in [5, 5.41) is 1.06. The molecule has 0 aliphatic carbocycles. The first kappa shape index (κ1) is 10.7. The molecule has 0 radical (unpaired) electrons. The number of aryl methyl sites for hydroxylation is 1. The molecule has 4 heteroatoms. The Morgan fingerprint density at radius 3 is 2.76 bits per heavy atom. The Balaban J connectivity index is 2.13. The van der Waals surface area contributed by atoms with Crippen LogP contribution in [0.1, 0.15) is 17.5 Å². The van der Waals surface area contributed by atoms with Crippen LogP contribution in [0.5, 0.6) is 0 Å². The van der Waals surface area contributed by atoms with Crippen LogP contribution >= 0.6 is 0 Å². The Kier molecular flexibility index (Phi) is 2.76. The first-order valence-corrected chi connectivity index (χ1v) is 5.52. The molecular weight excluding hydrogens is 218 g/mol.